The van der Waals surface area contributed by atoms with Crippen LogP contribution in [0.2, 0.25) is 5.02 Å². The molecule has 2 rings (SSSR count). The Morgan fingerprint density at radius 2 is 2.28 bits per heavy atom. The van der Waals surface area contributed by atoms with Crippen LogP contribution in [0.25, 0.3) is 0 Å². The summed E-state index contributed by atoms with van der Waals surface area (Å²) in [5, 5.41) is 18.7. The SMILES string of the molecule is CCCn1nncc1C(O)c1ccc(Br)cc1Cl. The van der Waals surface area contributed by atoms with Crippen molar-refractivity contribution in [1.29, 1.82) is 0 Å². The average Bonchev–Trinajstić information content (AvgIpc) is 2.77. The first kappa shape index (κ1) is 13.5. The van der Waals surface area contributed by atoms with E-state index in [1.54, 1.807) is 23.0 Å². The Morgan fingerprint density at radius 1 is 1.50 bits per heavy atom. The molecule has 1 N–H and O–H groups in total. The van der Waals surface area contributed by atoms with E-state index in [0.29, 0.717) is 16.3 Å². The molecule has 1 aromatic carbocycles. The van der Waals surface area contributed by atoms with Crippen molar-refractivity contribution in [3.63, 3.8) is 0 Å². The quantitative estimate of drug-likeness (QED) is 0.936. The second-order valence-corrected chi connectivity index (χ2v) is 5.27. The summed E-state index contributed by atoms with van der Waals surface area (Å²) in [5.74, 6) is 0. The van der Waals surface area contributed by atoms with Crippen molar-refractivity contribution >= 4 is 27.5 Å². The molecule has 0 saturated heterocycles. The number of halogens is 2. The number of aliphatic hydroxyl groups is 1. The van der Waals surface area contributed by atoms with Gasteiger partial charge in [-0.2, -0.15) is 0 Å². The molecule has 1 heterocycles. The maximum atomic E-state index is 10.4. The minimum Gasteiger partial charge on any atom is -0.382 e. The van der Waals surface area contributed by atoms with E-state index in [1.807, 2.05) is 13.0 Å². The number of rotatable bonds is 4. The zero-order valence-corrected chi connectivity index (χ0v) is 12.2. The van der Waals surface area contributed by atoms with Crippen LogP contribution in [0.4, 0.5) is 0 Å². The Kier molecular flexibility index (Phi) is 4.37. The molecule has 0 aliphatic carbocycles. The third-order valence-electron chi connectivity index (χ3n) is 2.62. The van der Waals surface area contributed by atoms with E-state index in [1.165, 1.54) is 0 Å². The first-order chi connectivity index (χ1) is 8.63. The first-order valence-electron chi connectivity index (χ1n) is 5.65. The van der Waals surface area contributed by atoms with Crippen LogP contribution in [0, 0.1) is 0 Å². The van der Waals surface area contributed by atoms with Gasteiger partial charge in [-0.3, -0.25) is 0 Å². The zero-order chi connectivity index (χ0) is 13.1. The molecule has 18 heavy (non-hydrogen) atoms. The highest BCUT2D eigenvalue weighted by Crippen LogP contribution is 2.30. The van der Waals surface area contributed by atoms with Gasteiger partial charge in [0.25, 0.3) is 0 Å². The molecular formula is C12H13BrClN3O. The van der Waals surface area contributed by atoms with Gasteiger partial charge in [0.15, 0.2) is 0 Å². The number of hydrogen-bond donors (Lipinski definition) is 1. The highest BCUT2D eigenvalue weighted by molar-refractivity contribution is 9.10. The lowest BCUT2D eigenvalue weighted by Crippen LogP contribution is -2.10. The van der Waals surface area contributed by atoms with Crippen LogP contribution in [-0.2, 0) is 6.54 Å². The number of nitrogens with zero attached hydrogens (tertiary/aromatic N) is 3. The van der Waals surface area contributed by atoms with Crippen molar-refractivity contribution in [2.75, 3.05) is 0 Å². The molecule has 1 aromatic heterocycles. The molecule has 96 valence electrons. The fraction of sp³-hybridized carbons (Fsp3) is 0.333. The summed E-state index contributed by atoms with van der Waals surface area (Å²) in [6.07, 6.45) is 1.68. The number of benzene rings is 1. The van der Waals surface area contributed by atoms with Crippen molar-refractivity contribution in [2.24, 2.45) is 0 Å². The van der Waals surface area contributed by atoms with E-state index in [0.717, 1.165) is 17.4 Å². The summed E-state index contributed by atoms with van der Waals surface area (Å²) in [6.45, 7) is 2.77. The monoisotopic (exact) mass is 329 g/mol. The molecule has 4 nitrogen and oxygen atoms in total. The fourth-order valence-corrected chi connectivity index (χ4v) is 2.52. The molecular weight excluding hydrogens is 318 g/mol. The minimum absolute atomic E-state index is 0.515. The summed E-state index contributed by atoms with van der Waals surface area (Å²) in [7, 11) is 0. The Balaban J connectivity index is 2.35. The van der Waals surface area contributed by atoms with E-state index >= 15 is 0 Å². The molecule has 0 aliphatic rings. The molecule has 2 aromatic rings. The van der Waals surface area contributed by atoms with E-state index in [-0.39, 0.29) is 0 Å². The van der Waals surface area contributed by atoms with Crippen LogP contribution < -0.4 is 0 Å². The van der Waals surface area contributed by atoms with Crippen LogP contribution >= 0.6 is 27.5 Å². The van der Waals surface area contributed by atoms with Gasteiger partial charge >= 0.3 is 0 Å². The van der Waals surface area contributed by atoms with Gasteiger partial charge in [0, 0.05) is 21.6 Å². The first-order valence-corrected chi connectivity index (χ1v) is 6.82. The van der Waals surface area contributed by atoms with Crippen LogP contribution in [0.3, 0.4) is 0 Å². The van der Waals surface area contributed by atoms with E-state index in [2.05, 4.69) is 26.2 Å². The Bertz CT molecular complexity index is 544. The molecule has 0 aliphatic heterocycles. The second kappa shape index (κ2) is 5.82. The van der Waals surface area contributed by atoms with Crippen LogP contribution in [-0.4, -0.2) is 20.1 Å². The molecule has 0 spiro atoms. The third-order valence-corrected chi connectivity index (χ3v) is 3.44. The normalized spacial score (nSPS) is 12.7. The Morgan fingerprint density at radius 3 is 2.94 bits per heavy atom. The fourth-order valence-electron chi connectivity index (χ4n) is 1.75. The summed E-state index contributed by atoms with van der Waals surface area (Å²) in [4.78, 5) is 0. The van der Waals surface area contributed by atoms with Gasteiger partial charge in [0.1, 0.15) is 6.10 Å². The summed E-state index contributed by atoms with van der Waals surface area (Å²) in [6, 6.07) is 5.40. The van der Waals surface area contributed by atoms with Gasteiger partial charge < -0.3 is 5.11 Å². The lowest BCUT2D eigenvalue weighted by Gasteiger charge is -2.14. The van der Waals surface area contributed by atoms with Crippen LogP contribution in [0.15, 0.2) is 28.9 Å². The summed E-state index contributed by atoms with van der Waals surface area (Å²) in [5.41, 5.74) is 1.31. The zero-order valence-electron chi connectivity index (χ0n) is 9.85. The lowest BCUT2D eigenvalue weighted by molar-refractivity contribution is 0.207. The molecule has 1 atom stereocenters. The maximum Gasteiger partial charge on any atom is 0.124 e. The van der Waals surface area contributed by atoms with Crippen molar-refractivity contribution in [1.82, 2.24) is 15.0 Å². The molecule has 0 amide bonds. The predicted molar refractivity (Wildman–Crippen MR) is 73.5 cm³/mol. The van der Waals surface area contributed by atoms with Gasteiger partial charge in [-0.05, 0) is 18.6 Å². The topological polar surface area (TPSA) is 50.9 Å². The number of aryl methyl sites for hydroxylation is 1. The molecule has 0 fully saturated rings. The second-order valence-electron chi connectivity index (χ2n) is 3.95. The Labute approximate surface area is 119 Å². The summed E-state index contributed by atoms with van der Waals surface area (Å²) < 4.78 is 2.58. The summed E-state index contributed by atoms with van der Waals surface area (Å²) >= 11 is 9.47. The van der Waals surface area contributed by atoms with Crippen LogP contribution in [0.5, 0.6) is 0 Å². The number of aromatic nitrogens is 3. The molecule has 0 radical (unpaired) electrons. The lowest BCUT2D eigenvalue weighted by atomic mass is 10.1. The van der Waals surface area contributed by atoms with Crippen molar-refractivity contribution < 1.29 is 5.11 Å². The van der Waals surface area contributed by atoms with E-state index < -0.39 is 6.10 Å². The van der Waals surface area contributed by atoms with Gasteiger partial charge in [-0.15, -0.1) is 5.10 Å². The molecule has 0 saturated carbocycles. The minimum atomic E-state index is -0.813. The van der Waals surface area contributed by atoms with Crippen molar-refractivity contribution in [3.05, 3.63) is 45.1 Å². The highest BCUT2D eigenvalue weighted by atomic mass is 79.9. The van der Waals surface area contributed by atoms with Gasteiger partial charge in [0.05, 0.1) is 11.9 Å². The van der Waals surface area contributed by atoms with E-state index in [4.69, 9.17) is 11.6 Å². The number of hydrogen-bond acceptors (Lipinski definition) is 3. The predicted octanol–water partition coefficient (Wildman–Crippen LogP) is 3.19. The average molecular weight is 331 g/mol. The van der Waals surface area contributed by atoms with Crippen molar-refractivity contribution in [3.8, 4) is 0 Å². The third kappa shape index (κ3) is 2.74. The van der Waals surface area contributed by atoms with Gasteiger partial charge in [-0.25, -0.2) is 4.68 Å². The maximum absolute atomic E-state index is 10.4. The largest absolute Gasteiger partial charge is 0.382 e. The highest BCUT2D eigenvalue weighted by Gasteiger charge is 2.18. The van der Waals surface area contributed by atoms with Crippen molar-refractivity contribution in [2.45, 2.75) is 26.0 Å². The molecule has 1 unspecified atom stereocenters. The Hall–Kier alpha value is -0.910. The van der Waals surface area contributed by atoms with E-state index in [9.17, 15) is 5.11 Å². The smallest absolute Gasteiger partial charge is 0.124 e. The van der Waals surface area contributed by atoms with Crippen LogP contribution in [0.1, 0.15) is 30.7 Å². The number of aliphatic hydroxyl groups excluding tert-OH is 1. The molecule has 0 bridgehead atoms. The standard InChI is InChI=1S/C12H13BrClN3O/c1-2-5-17-11(7-15-16-17)12(18)9-4-3-8(13)6-10(9)14/h3-4,6-7,12,18H,2,5H2,1H3. The molecule has 6 heteroatoms. The van der Waals surface area contributed by atoms with Gasteiger partial charge in [-0.1, -0.05) is 45.7 Å². The van der Waals surface area contributed by atoms with Gasteiger partial charge in [0.2, 0.25) is 0 Å².